The van der Waals surface area contributed by atoms with Crippen LogP contribution in [0.4, 0.5) is 5.69 Å². The summed E-state index contributed by atoms with van der Waals surface area (Å²) in [5.41, 5.74) is 1.85. The van der Waals surface area contributed by atoms with Gasteiger partial charge in [0, 0.05) is 12.6 Å². The molecule has 0 fully saturated rings. The van der Waals surface area contributed by atoms with E-state index < -0.39 is 0 Å². The fourth-order valence-electron chi connectivity index (χ4n) is 2.32. The largest absolute Gasteiger partial charge is 0.497 e. The van der Waals surface area contributed by atoms with E-state index in [-0.39, 0.29) is 17.4 Å². The lowest BCUT2D eigenvalue weighted by atomic mass is 10.1. The molecule has 1 heterocycles. The molecule has 0 unspecified atom stereocenters. The number of methoxy groups -OCH3 is 1. The Hall–Kier alpha value is -3.08. The second-order valence-corrected chi connectivity index (χ2v) is 5.11. The molecule has 1 aliphatic rings. The molecular formula is C18H15NO4. The third-order valence-electron chi connectivity index (χ3n) is 3.40. The highest BCUT2D eigenvalue weighted by Gasteiger charge is 2.27. The molecule has 3 rings (SSSR count). The Morgan fingerprint density at radius 2 is 1.91 bits per heavy atom. The van der Waals surface area contributed by atoms with E-state index in [4.69, 9.17) is 9.47 Å². The van der Waals surface area contributed by atoms with Crippen LogP contribution in [0.15, 0.2) is 48.2 Å². The Labute approximate surface area is 133 Å². The van der Waals surface area contributed by atoms with Gasteiger partial charge in [0.25, 0.3) is 0 Å². The summed E-state index contributed by atoms with van der Waals surface area (Å²) in [6.07, 6.45) is 1.68. The molecule has 1 N–H and O–H groups in total. The zero-order valence-corrected chi connectivity index (χ0v) is 12.8. The standard InChI is InChI=1S/C18H15NO4/c1-11(20)19-13-5-8-16-15(10-13)18(21)17(23-16)9-12-3-6-14(22-2)7-4-12/h3-10H,1-2H3,(H,19,20)/b17-9-. The highest BCUT2D eigenvalue weighted by molar-refractivity contribution is 6.15. The molecule has 5 heteroatoms. The Morgan fingerprint density at radius 3 is 2.57 bits per heavy atom. The van der Waals surface area contributed by atoms with Gasteiger partial charge in [0.1, 0.15) is 11.5 Å². The molecule has 2 aromatic rings. The van der Waals surface area contributed by atoms with E-state index in [2.05, 4.69) is 5.32 Å². The van der Waals surface area contributed by atoms with Gasteiger partial charge in [0.15, 0.2) is 5.76 Å². The van der Waals surface area contributed by atoms with Crippen LogP contribution in [-0.4, -0.2) is 18.8 Å². The minimum absolute atomic E-state index is 0.190. The van der Waals surface area contributed by atoms with Gasteiger partial charge in [-0.25, -0.2) is 0 Å². The molecule has 0 saturated heterocycles. The fraction of sp³-hybridized carbons (Fsp3) is 0.111. The molecule has 5 nitrogen and oxygen atoms in total. The topological polar surface area (TPSA) is 64.6 Å². The predicted molar refractivity (Wildman–Crippen MR) is 86.7 cm³/mol. The van der Waals surface area contributed by atoms with Crippen LogP contribution >= 0.6 is 0 Å². The lowest BCUT2D eigenvalue weighted by molar-refractivity contribution is -0.114. The Bertz CT molecular complexity index is 806. The van der Waals surface area contributed by atoms with E-state index in [9.17, 15) is 9.59 Å². The normalized spacial score (nSPS) is 14.3. The Kier molecular flexibility index (Phi) is 3.85. The first-order valence-corrected chi connectivity index (χ1v) is 7.07. The molecule has 0 atom stereocenters. The number of nitrogens with one attached hydrogen (secondary N) is 1. The van der Waals surface area contributed by atoms with Gasteiger partial charge in [-0.15, -0.1) is 0 Å². The summed E-state index contributed by atoms with van der Waals surface area (Å²) >= 11 is 0. The van der Waals surface area contributed by atoms with Crippen molar-refractivity contribution < 1.29 is 19.1 Å². The van der Waals surface area contributed by atoms with Crippen LogP contribution in [0.2, 0.25) is 0 Å². The van der Waals surface area contributed by atoms with Crippen LogP contribution in [0.25, 0.3) is 6.08 Å². The number of hydrogen-bond donors (Lipinski definition) is 1. The van der Waals surface area contributed by atoms with E-state index >= 15 is 0 Å². The highest BCUT2D eigenvalue weighted by Crippen LogP contribution is 2.34. The summed E-state index contributed by atoms with van der Waals surface area (Å²) in [7, 11) is 1.60. The second kappa shape index (κ2) is 5.96. The number of fused-ring (bicyclic) bond motifs is 1. The van der Waals surface area contributed by atoms with Crippen molar-refractivity contribution in [2.24, 2.45) is 0 Å². The van der Waals surface area contributed by atoms with Gasteiger partial charge in [-0.2, -0.15) is 0 Å². The number of carbonyl (C=O) groups excluding carboxylic acids is 2. The molecule has 116 valence electrons. The molecule has 1 amide bonds. The van der Waals surface area contributed by atoms with Gasteiger partial charge in [0.05, 0.1) is 12.7 Å². The van der Waals surface area contributed by atoms with Crippen molar-refractivity contribution in [2.45, 2.75) is 6.92 Å². The summed E-state index contributed by atoms with van der Waals surface area (Å²) in [5.74, 6) is 1.09. The van der Waals surface area contributed by atoms with Crippen molar-refractivity contribution in [2.75, 3.05) is 12.4 Å². The lowest BCUT2D eigenvalue weighted by Crippen LogP contribution is -2.06. The minimum atomic E-state index is -0.206. The minimum Gasteiger partial charge on any atom is -0.497 e. The first-order chi connectivity index (χ1) is 11.1. The monoisotopic (exact) mass is 309 g/mol. The zero-order chi connectivity index (χ0) is 16.4. The predicted octanol–water partition coefficient (Wildman–Crippen LogP) is 3.27. The number of Topliss-reactive ketones (excluding diaryl/α,β-unsaturated/α-hetero) is 1. The SMILES string of the molecule is COc1ccc(/C=C2\Oc3ccc(NC(C)=O)cc3C2=O)cc1. The summed E-state index contributed by atoms with van der Waals surface area (Å²) < 4.78 is 10.7. The van der Waals surface area contributed by atoms with E-state index in [0.717, 1.165) is 11.3 Å². The number of hydrogen-bond acceptors (Lipinski definition) is 4. The lowest BCUT2D eigenvalue weighted by Gasteiger charge is -2.02. The molecule has 0 aliphatic carbocycles. The molecule has 1 aliphatic heterocycles. The van der Waals surface area contributed by atoms with Crippen LogP contribution in [0.3, 0.4) is 0 Å². The van der Waals surface area contributed by atoms with Gasteiger partial charge in [-0.1, -0.05) is 12.1 Å². The van der Waals surface area contributed by atoms with Crippen LogP contribution in [0, 0.1) is 0 Å². The average molecular weight is 309 g/mol. The number of ketones is 1. The summed E-state index contributed by atoms with van der Waals surface area (Å²) in [5, 5.41) is 2.65. The number of amides is 1. The van der Waals surface area contributed by atoms with Gasteiger partial charge in [-0.05, 0) is 42.0 Å². The number of rotatable bonds is 3. The van der Waals surface area contributed by atoms with E-state index in [1.54, 1.807) is 31.4 Å². The molecule has 2 aromatic carbocycles. The van der Waals surface area contributed by atoms with Gasteiger partial charge in [-0.3, -0.25) is 9.59 Å². The third-order valence-corrected chi connectivity index (χ3v) is 3.40. The molecule has 0 radical (unpaired) electrons. The summed E-state index contributed by atoms with van der Waals surface area (Å²) in [4.78, 5) is 23.5. The van der Waals surface area contributed by atoms with Crippen molar-refractivity contribution >= 4 is 23.5 Å². The quantitative estimate of drug-likeness (QED) is 0.884. The maximum Gasteiger partial charge on any atom is 0.232 e. The van der Waals surface area contributed by atoms with Gasteiger partial charge in [0.2, 0.25) is 11.7 Å². The van der Waals surface area contributed by atoms with Crippen molar-refractivity contribution in [1.29, 1.82) is 0 Å². The number of carbonyl (C=O) groups is 2. The van der Waals surface area contributed by atoms with Crippen LogP contribution < -0.4 is 14.8 Å². The van der Waals surface area contributed by atoms with Crippen LogP contribution in [0.5, 0.6) is 11.5 Å². The third kappa shape index (κ3) is 3.08. The first-order valence-electron chi connectivity index (χ1n) is 7.07. The van der Waals surface area contributed by atoms with Crippen molar-refractivity contribution in [3.63, 3.8) is 0 Å². The number of benzene rings is 2. The van der Waals surface area contributed by atoms with Crippen molar-refractivity contribution in [3.8, 4) is 11.5 Å². The highest BCUT2D eigenvalue weighted by atomic mass is 16.5. The van der Waals surface area contributed by atoms with Crippen molar-refractivity contribution in [3.05, 3.63) is 59.4 Å². The molecule has 0 bridgehead atoms. The summed E-state index contributed by atoms with van der Waals surface area (Å²) in [6.45, 7) is 1.42. The van der Waals surface area contributed by atoms with Crippen LogP contribution in [-0.2, 0) is 4.79 Å². The Morgan fingerprint density at radius 1 is 1.17 bits per heavy atom. The van der Waals surface area contributed by atoms with E-state index in [1.165, 1.54) is 6.92 Å². The molecule has 0 saturated carbocycles. The fourth-order valence-corrected chi connectivity index (χ4v) is 2.32. The second-order valence-electron chi connectivity index (χ2n) is 5.11. The summed E-state index contributed by atoms with van der Waals surface area (Å²) in [6, 6.07) is 12.3. The maximum atomic E-state index is 12.4. The van der Waals surface area contributed by atoms with Gasteiger partial charge < -0.3 is 14.8 Å². The van der Waals surface area contributed by atoms with Crippen LogP contribution in [0.1, 0.15) is 22.8 Å². The smallest absolute Gasteiger partial charge is 0.232 e. The number of allylic oxidation sites excluding steroid dienone is 1. The average Bonchev–Trinajstić information content (AvgIpc) is 2.84. The maximum absolute atomic E-state index is 12.4. The molecule has 23 heavy (non-hydrogen) atoms. The van der Waals surface area contributed by atoms with Crippen molar-refractivity contribution in [1.82, 2.24) is 0 Å². The molecular weight excluding hydrogens is 294 g/mol. The molecule has 0 spiro atoms. The van der Waals surface area contributed by atoms with Gasteiger partial charge >= 0.3 is 0 Å². The number of anilines is 1. The zero-order valence-electron chi connectivity index (χ0n) is 12.8. The first kappa shape index (κ1) is 14.8. The number of ether oxygens (including phenoxy) is 2. The molecule has 0 aromatic heterocycles. The van der Waals surface area contributed by atoms with E-state index in [1.807, 2.05) is 24.3 Å². The Balaban J connectivity index is 1.87. The van der Waals surface area contributed by atoms with E-state index in [0.29, 0.717) is 17.0 Å².